The Hall–Kier alpha value is -1.03. The number of benzene rings is 1. The lowest BCUT2D eigenvalue weighted by Gasteiger charge is -2.31. The van der Waals surface area contributed by atoms with Gasteiger partial charge in [0, 0.05) is 4.47 Å². The first-order valence-corrected chi connectivity index (χ1v) is 7.28. The van der Waals surface area contributed by atoms with Gasteiger partial charge in [0.15, 0.2) is 5.96 Å². The zero-order valence-corrected chi connectivity index (χ0v) is 12.5. The van der Waals surface area contributed by atoms with E-state index in [4.69, 9.17) is 5.73 Å². The van der Waals surface area contributed by atoms with E-state index in [-0.39, 0.29) is 0 Å². The summed E-state index contributed by atoms with van der Waals surface area (Å²) in [6.07, 6.45) is 2.40. The van der Waals surface area contributed by atoms with Crippen LogP contribution in [0.15, 0.2) is 33.7 Å². The van der Waals surface area contributed by atoms with Gasteiger partial charge in [-0.05, 0) is 40.4 Å². The van der Waals surface area contributed by atoms with Gasteiger partial charge in [0.2, 0.25) is 0 Å². The third kappa shape index (κ3) is 2.53. The summed E-state index contributed by atoms with van der Waals surface area (Å²) in [6, 6.07) is 8.56. The summed E-state index contributed by atoms with van der Waals surface area (Å²) in [5.41, 5.74) is 7.17. The normalized spacial score (nSPS) is 20.9. The minimum Gasteiger partial charge on any atom is -0.370 e. The van der Waals surface area contributed by atoms with Gasteiger partial charge in [-0.2, -0.15) is 0 Å². The maximum Gasteiger partial charge on any atom is 0.196 e. The Morgan fingerprint density at radius 2 is 2.22 bits per heavy atom. The molecule has 0 fully saturated rings. The number of guanidine groups is 1. The number of para-hydroxylation sites is 1. The lowest BCUT2D eigenvalue weighted by Crippen LogP contribution is -2.44. The number of nitrogens with zero attached hydrogens (tertiary/aromatic N) is 2. The summed E-state index contributed by atoms with van der Waals surface area (Å²) in [5.74, 6) is 1.22. The molecule has 1 aliphatic rings. The fourth-order valence-corrected chi connectivity index (χ4v) is 3.02. The second kappa shape index (κ2) is 5.74. The van der Waals surface area contributed by atoms with E-state index in [1.54, 1.807) is 0 Å². The predicted molar refractivity (Wildman–Crippen MR) is 81.0 cm³/mol. The van der Waals surface area contributed by atoms with Gasteiger partial charge in [-0.15, -0.1) is 0 Å². The van der Waals surface area contributed by atoms with E-state index in [1.165, 1.54) is 12.8 Å². The molecule has 3 nitrogen and oxygen atoms in total. The van der Waals surface area contributed by atoms with Crippen LogP contribution in [0.25, 0.3) is 0 Å². The molecule has 1 aromatic rings. The third-order valence-electron chi connectivity index (χ3n) is 3.53. The van der Waals surface area contributed by atoms with Crippen molar-refractivity contribution < 1.29 is 0 Å². The van der Waals surface area contributed by atoms with E-state index < -0.39 is 0 Å². The molecule has 1 aliphatic heterocycles. The summed E-state index contributed by atoms with van der Waals surface area (Å²) >= 11 is 3.60. The Balaban J connectivity index is 2.28. The van der Waals surface area contributed by atoms with Gasteiger partial charge in [0.25, 0.3) is 0 Å². The van der Waals surface area contributed by atoms with Crippen molar-refractivity contribution in [3.63, 3.8) is 0 Å². The van der Waals surface area contributed by atoms with Gasteiger partial charge in [-0.25, -0.2) is 0 Å². The zero-order chi connectivity index (χ0) is 13.1. The number of anilines is 1. The first kappa shape index (κ1) is 13.4. The molecule has 0 bridgehead atoms. The molecule has 1 aromatic carbocycles. The largest absolute Gasteiger partial charge is 0.370 e. The van der Waals surface area contributed by atoms with E-state index in [0.29, 0.717) is 17.9 Å². The van der Waals surface area contributed by atoms with E-state index >= 15 is 0 Å². The number of rotatable bonds is 4. The third-order valence-corrected chi connectivity index (χ3v) is 4.20. The average Bonchev–Trinajstić information content (AvgIpc) is 2.72. The van der Waals surface area contributed by atoms with Crippen molar-refractivity contribution in [1.82, 2.24) is 0 Å². The highest BCUT2D eigenvalue weighted by atomic mass is 79.9. The zero-order valence-electron chi connectivity index (χ0n) is 10.9. The van der Waals surface area contributed by atoms with E-state index in [9.17, 15) is 0 Å². The summed E-state index contributed by atoms with van der Waals surface area (Å²) < 4.78 is 1.07. The Kier molecular flexibility index (Phi) is 4.27. The van der Waals surface area contributed by atoms with Crippen molar-refractivity contribution in [3.8, 4) is 0 Å². The molecule has 18 heavy (non-hydrogen) atoms. The van der Waals surface area contributed by atoms with Gasteiger partial charge in [0.1, 0.15) is 0 Å². The molecule has 0 radical (unpaired) electrons. The Morgan fingerprint density at radius 3 is 2.89 bits per heavy atom. The minimum atomic E-state index is 0.378. The molecule has 2 atom stereocenters. The standard InChI is InChI=1S/C14H20BrN3/c1-3-6-10(2)13-9-17-14(16)18(13)12-8-5-4-7-11(12)15/h4-5,7-8,10,13H,3,6,9H2,1-2H3,(H2,16,17). The van der Waals surface area contributed by atoms with Gasteiger partial charge >= 0.3 is 0 Å². The molecular formula is C14H20BrN3. The molecule has 4 heteroatoms. The van der Waals surface area contributed by atoms with Crippen LogP contribution in [-0.2, 0) is 0 Å². The lowest BCUT2D eigenvalue weighted by atomic mass is 9.96. The van der Waals surface area contributed by atoms with Crippen LogP contribution in [0, 0.1) is 5.92 Å². The lowest BCUT2D eigenvalue weighted by molar-refractivity contribution is 0.439. The van der Waals surface area contributed by atoms with Crippen molar-refractivity contribution in [2.75, 3.05) is 11.4 Å². The Labute approximate surface area is 117 Å². The minimum absolute atomic E-state index is 0.378. The van der Waals surface area contributed by atoms with Crippen LogP contribution in [0.2, 0.25) is 0 Å². The summed E-state index contributed by atoms with van der Waals surface area (Å²) in [7, 11) is 0. The van der Waals surface area contributed by atoms with E-state index in [2.05, 4.69) is 45.7 Å². The highest BCUT2D eigenvalue weighted by molar-refractivity contribution is 9.10. The fraction of sp³-hybridized carbons (Fsp3) is 0.500. The van der Waals surface area contributed by atoms with Gasteiger partial charge in [0.05, 0.1) is 18.3 Å². The maximum atomic E-state index is 6.06. The SMILES string of the molecule is CCCC(C)C1CN=C(N)N1c1ccccc1Br. The molecule has 0 aliphatic carbocycles. The molecule has 2 N–H and O–H groups in total. The van der Waals surface area contributed by atoms with Crippen molar-refractivity contribution in [3.05, 3.63) is 28.7 Å². The molecule has 0 aromatic heterocycles. The molecule has 98 valence electrons. The second-order valence-electron chi connectivity index (χ2n) is 4.85. The quantitative estimate of drug-likeness (QED) is 0.926. The van der Waals surface area contributed by atoms with Crippen LogP contribution in [-0.4, -0.2) is 18.5 Å². The fourth-order valence-electron chi connectivity index (χ4n) is 2.55. The van der Waals surface area contributed by atoms with Crippen molar-refractivity contribution in [1.29, 1.82) is 0 Å². The Bertz CT molecular complexity index is 444. The van der Waals surface area contributed by atoms with E-state index in [1.807, 2.05) is 18.2 Å². The van der Waals surface area contributed by atoms with Crippen LogP contribution in [0.4, 0.5) is 5.69 Å². The topological polar surface area (TPSA) is 41.6 Å². The van der Waals surface area contributed by atoms with Gasteiger partial charge in [-0.3, -0.25) is 4.99 Å². The van der Waals surface area contributed by atoms with Crippen LogP contribution < -0.4 is 10.6 Å². The van der Waals surface area contributed by atoms with Crippen molar-refractivity contribution in [2.24, 2.45) is 16.6 Å². The van der Waals surface area contributed by atoms with Gasteiger partial charge in [-0.1, -0.05) is 32.4 Å². The van der Waals surface area contributed by atoms with Gasteiger partial charge < -0.3 is 10.6 Å². The molecular weight excluding hydrogens is 290 g/mol. The molecule has 0 spiro atoms. The van der Waals surface area contributed by atoms with Crippen LogP contribution in [0.3, 0.4) is 0 Å². The van der Waals surface area contributed by atoms with Crippen molar-refractivity contribution >= 4 is 27.6 Å². The Morgan fingerprint density at radius 1 is 1.50 bits per heavy atom. The number of aliphatic imine (C=N–C) groups is 1. The number of hydrogen-bond donors (Lipinski definition) is 1. The van der Waals surface area contributed by atoms with Crippen molar-refractivity contribution in [2.45, 2.75) is 32.7 Å². The monoisotopic (exact) mass is 309 g/mol. The average molecular weight is 310 g/mol. The van der Waals surface area contributed by atoms with E-state index in [0.717, 1.165) is 16.7 Å². The number of hydrogen-bond acceptors (Lipinski definition) is 3. The first-order chi connectivity index (χ1) is 8.65. The molecule has 2 unspecified atom stereocenters. The first-order valence-electron chi connectivity index (χ1n) is 6.48. The van der Waals surface area contributed by atoms with Crippen LogP contribution in [0.5, 0.6) is 0 Å². The predicted octanol–water partition coefficient (Wildman–Crippen LogP) is 3.39. The molecule has 0 saturated heterocycles. The molecule has 2 rings (SSSR count). The number of nitrogens with two attached hydrogens (primary N) is 1. The highest BCUT2D eigenvalue weighted by Crippen LogP contribution is 2.32. The maximum absolute atomic E-state index is 6.06. The number of halogens is 1. The second-order valence-corrected chi connectivity index (χ2v) is 5.71. The van der Waals surface area contributed by atoms with Crippen LogP contribution >= 0.6 is 15.9 Å². The highest BCUT2D eigenvalue weighted by Gasteiger charge is 2.32. The molecule has 1 heterocycles. The molecule has 0 amide bonds. The smallest absolute Gasteiger partial charge is 0.196 e. The summed E-state index contributed by atoms with van der Waals surface area (Å²) in [4.78, 5) is 6.59. The molecule has 0 saturated carbocycles. The summed E-state index contributed by atoms with van der Waals surface area (Å²) in [5, 5.41) is 0. The van der Waals surface area contributed by atoms with Crippen LogP contribution in [0.1, 0.15) is 26.7 Å². The summed E-state index contributed by atoms with van der Waals surface area (Å²) in [6.45, 7) is 5.30.